The third-order valence-corrected chi connectivity index (χ3v) is 5.10. The molecule has 0 saturated heterocycles. The van der Waals surface area contributed by atoms with Gasteiger partial charge in [-0.05, 0) is 31.0 Å². The lowest BCUT2D eigenvalue weighted by atomic mass is 10.1. The molecule has 0 radical (unpaired) electrons. The molecule has 2 heterocycles. The number of aryl methyl sites for hydroxylation is 2. The smallest absolute Gasteiger partial charge is 0.212 e. The van der Waals surface area contributed by atoms with Gasteiger partial charge in [0, 0.05) is 22.6 Å². The minimum absolute atomic E-state index is 0.758. The maximum atomic E-state index is 6.05. The molecule has 1 aliphatic rings. The van der Waals surface area contributed by atoms with Gasteiger partial charge in [0.25, 0.3) is 0 Å². The predicted molar refractivity (Wildman–Crippen MR) is 98.4 cm³/mol. The lowest BCUT2D eigenvalue weighted by Gasteiger charge is -2.15. The number of rotatable bonds is 2. The average Bonchev–Trinajstić information content (AvgIpc) is 3.01. The summed E-state index contributed by atoms with van der Waals surface area (Å²) < 4.78 is 1.84. The SMILES string of the molecule is Cc1ccc(C2=Nn3c(nnc3-c3ccccc3C)SC2)cc1N. The Morgan fingerprint density at radius 1 is 1.04 bits per heavy atom. The monoisotopic (exact) mass is 335 g/mol. The summed E-state index contributed by atoms with van der Waals surface area (Å²) in [6.07, 6.45) is 0. The van der Waals surface area contributed by atoms with Gasteiger partial charge in [-0.25, -0.2) is 0 Å². The molecule has 0 amide bonds. The van der Waals surface area contributed by atoms with Crippen LogP contribution in [0.15, 0.2) is 52.7 Å². The highest BCUT2D eigenvalue weighted by Crippen LogP contribution is 2.30. The van der Waals surface area contributed by atoms with E-state index in [4.69, 9.17) is 10.8 Å². The Hall–Kier alpha value is -2.60. The quantitative estimate of drug-likeness (QED) is 0.728. The number of aromatic nitrogens is 3. The minimum atomic E-state index is 0.758. The topological polar surface area (TPSA) is 69.1 Å². The number of nitrogens with two attached hydrogens (primary N) is 1. The molecule has 0 fully saturated rings. The number of nitrogens with zero attached hydrogens (tertiary/aromatic N) is 4. The molecule has 2 aromatic carbocycles. The largest absolute Gasteiger partial charge is 0.398 e. The van der Waals surface area contributed by atoms with Crippen molar-refractivity contribution < 1.29 is 0 Å². The molecule has 4 rings (SSSR count). The van der Waals surface area contributed by atoms with Crippen molar-refractivity contribution in [2.75, 3.05) is 11.5 Å². The highest BCUT2D eigenvalue weighted by molar-refractivity contribution is 7.99. The Kier molecular flexibility index (Phi) is 3.61. The molecule has 2 N–H and O–H groups in total. The Morgan fingerprint density at radius 2 is 1.88 bits per heavy atom. The zero-order valence-corrected chi connectivity index (χ0v) is 14.3. The van der Waals surface area contributed by atoms with Gasteiger partial charge in [-0.2, -0.15) is 9.78 Å². The van der Waals surface area contributed by atoms with Crippen LogP contribution in [0, 0.1) is 13.8 Å². The number of benzene rings is 2. The zero-order valence-electron chi connectivity index (χ0n) is 13.5. The molecule has 6 heteroatoms. The Morgan fingerprint density at radius 3 is 2.67 bits per heavy atom. The van der Waals surface area contributed by atoms with Crippen molar-refractivity contribution in [1.29, 1.82) is 0 Å². The molecule has 3 aromatic rings. The predicted octanol–water partition coefficient (Wildman–Crippen LogP) is 3.50. The first-order valence-corrected chi connectivity index (χ1v) is 8.70. The van der Waals surface area contributed by atoms with Crippen molar-refractivity contribution in [1.82, 2.24) is 14.9 Å². The minimum Gasteiger partial charge on any atom is -0.398 e. The van der Waals surface area contributed by atoms with E-state index in [1.165, 1.54) is 0 Å². The third kappa shape index (κ3) is 2.49. The summed E-state index contributed by atoms with van der Waals surface area (Å²) in [5.74, 6) is 1.53. The third-order valence-electron chi connectivity index (χ3n) is 4.17. The van der Waals surface area contributed by atoms with Crippen LogP contribution in [0.5, 0.6) is 0 Å². The first-order valence-electron chi connectivity index (χ1n) is 7.72. The van der Waals surface area contributed by atoms with Gasteiger partial charge in [0.2, 0.25) is 5.16 Å². The average molecular weight is 335 g/mol. The summed E-state index contributed by atoms with van der Waals surface area (Å²) in [5, 5.41) is 14.2. The second kappa shape index (κ2) is 5.79. The fraction of sp³-hybridized carbons (Fsp3) is 0.167. The summed E-state index contributed by atoms with van der Waals surface area (Å²) in [5.41, 5.74) is 12.1. The van der Waals surface area contributed by atoms with Crippen molar-refractivity contribution in [3.63, 3.8) is 0 Å². The molecule has 0 saturated carbocycles. The van der Waals surface area contributed by atoms with Crippen molar-refractivity contribution in [2.24, 2.45) is 5.10 Å². The van der Waals surface area contributed by atoms with E-state index in [1.807, 2.05) is 41.9 Å². The van der Waals surface area contributed by atoms with E-state index in [1.54, 1.807) is 11.8 Å². The number of hydrogen-bond acceptors (Lipinski definition) is 5. The summed E-state index contributed by atoms with van der Waals surface area (Å²) in [7, 11) is 0. The van der Waals surface area contributed by atoms with Crippen LogP contribution in [0.25, 0.3) is 11.4 Å². The number of fused-ring (bicyclic) bond motifs is 1. The highest BCUT2D eigenvalue weighted by Gasteiger charge is 2.21. The van der Waals surface area contributed by atoms with E-state index in [0.717, 1.165) is 50.4 Å². The van der Waals surface area contributed by atoms with Crippen LogP contribution < -0.4 is 5.73 Å². The lowest BCUT2D eigenvalue weighted by molar-refractivity contribution is 0.762. The molecular weight excluding hydrogens is 318 g/mol. The summed E-state index contributed by atoms with van der Waals surface area (Å²) in [4.78, 5) is 0. The van der Waals surface area contributed by atoms with Gasteiger partial charge < -0.3 is 5.73 Å². The second-order valence-corrected chi connectivity index (χ2v) is 6.78. The molecule has 0 spiro atoms. The summed E-state index contributed by atoms with van der Waals surface area (Å²) in [6.45, 7) is 4.07. The summed E-state index contributed by atoms with van der Waals surface area (Å²) in [6, 6.07) is 14.2. The Balaban J connectivity index is 1.82. The van der Waals surface area contributed by atoms with Crippen molar-refractivity contribution in [2.45, 2.75) is 19.0 Å². The van der Waals surface area contributed by atoms with E-state index in [2.05, 4.69) is 29.3 Å². The maximum Gasteiger partial charge on any atom is 0.212 e. The number of hydrogen-bond donors (Lipinski definition) is 1. The van der Waals surface area contributed by atoms with Gasteiger partial charge >= 0.3 is 0 Å². The molecule has 120 valence electrons. The van der Waals surface area contributed by atoms with Gasteiger partial charge in [-0.15, -0.1) is 10.2 Å². The van der Waals surface area contributed by atoms with E-state index in [0.29, 0.717) is 0 Å². The van der Waals surface area contributed by atoms with E-state index in [-0.39, 0.29) is 0 Å². The number of anilines is 1. The van der Waals surface area contributed by atoms with Crippen molar-refractivity contribution in [3.05, 3.63) is 59.2 Å². The highest BCUT2D eigenvalue weighted by atomic mass is 32.2. The normalized spacial score (nSPS) is 13.5. The summed E-state index contributed by atoms with van der Waals surface area (Å²) >= 11 is 1.64. The number of nitrogen functional groups attached to an aromatic ring is 1. The van der Waals surface area contributed by atoms with Crippen molar-refractivity contribution in [3.8, 4) is 11.4 Å². The van der Waals surface area contributed by atoms with Gasteiger partial charge in [0.05, 0.1) is 5.71 Å². The standard InChI is InChI=1S/C18H17N5S/c1-11-5-3-4-6-14(11)17-20-21-18-23(17)22-16(10-24-18)13-8-7-12(2)15(19)9-13/h3-9H,10,19H2,1-2H3. The van der Waals surface area contributed by atoms with Crippen LogP contribution in [-0.2, 0) is 0 Å². The van der Waals surface area contributed by atoms with E-state index >= 15 is 0 Å². The molecule has 0 unspecified atom stereocenters. The van der Waals surface area contributed by atoms with Gasteiger partial charge in [0.15, 0.2) is 5.82 Å². The van der Waals surface area contributed by atoms with Crippen LogP contribution >= 0.6 is 11.8 Å². The molecule has 0 aliphatic carbocycles. The first-order chi connectivity index (χ1) is 11.6. The van der Waals surface area contributed by atoms with Crippen LogP contribution in [0.3, 0.4) is 0 Å². The van der Waals surface area contributed by atoms with Crippen LogP contribution in [0.1, 0.15) is 16.7 Å². The van der Waals surface area contributed by atoms with Gasteiger partial charge in [0.1, 0.15) is 0 Å². The molecule has 5 nitrogen and oxygen atoms in total. The fourth-order valence-corrected chi connectivity index (χ4v) is 3.52. The van der Waals surface area contributed by atoms with Crippen LogP contribution in [-0.4, -0.2) is 26.3 Å². The van der Waals surface area contributed by atoms with Crippen LogP contribution in [0.4, 0.5) is 5.69 Å². The van der Waals surface area contributed by atoms with Gasteiger partial charge in [-0.3, -0.25) is 0 Å². The number of thioether (sulfide) groups is 1. The van der Waals surface area contributed by atoms with Crippen LogP contribution in [0.2, 0.25) is 0 Å². The van der Waals surface area contributed by atoms with E-state index in [9.17, 15) is 0 Å². The molecular formula is C18H17N5S. The first kappa shape index (κ1) is 15.0. The molecule has 0 atom stereocenters. The molecule has 24 heavy (non-hydrogen) atoms. The van der Waals surface area contributed by atoms with Gasteiger partial charge in [-0.1, -0.05) is 48.2 Å². The van der Waals surface area contributed by atoms with E-state index < -0.39 is 0 Å². The Bertz CT molecular complexity index is 958. The van der Waals surface area contributed by atoms with Crippen molar-refractivity contribution >= 4 is 23.2 Å². The molecule has 0 bridgehead atoms. The maximum absolute atomic E-state index is 6.05. The Labute approximate surface area is 144 Å². The zero-order chi connectivity index (χ0) is 16.7. The molecule has 1 aromatic heterocycles. The second-order valence-electron chi connectivity index (χ2n) is 5.84. The lowest BCUT2D eigenvalue weighted by Crippen LogP contribution is -2.14. The molecule has 1 aliphatic heterocycles. The fourth-order valence-electron chi connectivity index (χ4n) is 2.68.